The molecule has 0 unspecified atom stereocenters. The molecule has 0 radical (unpaired) electrons. The Morgan fingerprint density at radius 2 is 1.81 bits per heavy atom. The van der Waals surface area contributed by atoms with Gasteiger partial charge in [-0.1, -0.05) is 30.9 Å². The van der Waals surface area contributed by atoms with Crippen LogP contribution in [0, 0.1) is 5.92 Å². The van der Waals surface area contributed by atoms with Crippen molar-refractivity contribution >= 4 is 11.9 Å². The molecule has 3 rings (SSSR count). The summed E-state index contributed by atoms with van der Waals surface area (Å²) in [6.45, 7) is 1.22. The second-order valence-corrected chi connectivity index (χ2v) is 5.97. The predicted octanol–water partition coefficient (Wildman–Crippen LogP) is 1.33. The Hall–Kier alpha value is -1.92. The summed E-state index contributed by atoms with van der Waals surface area (Å²) >= 11 is 0. The van der Waals surface area contributed by atoms with Gasteiger partial charge in [0.05, 0.1) is 12.2 Å². The summed E-state index contributed by atoms with van der Waals surface area (Å²) in [4.78, 5) is 25.0. The molecule has 7 nitrogen and oxygen atoms in total. The van der Waals surface area contributed by atoms with Crippen LogP contribution < -0.4 is 0 Å². The van der Waals surface area contributed by atoms with Gasteiger partial charge in [-0.25, -0.2) is 9.48 Å². The first kappa shape index (κ1) is 14.0. The molecule has 1 aromatic heterocycles. The molecule has 2 aliphatic rings. The van der Waals surface area contributed by atoms with E-state index in [-0.39, 0.29) is 23.6 Å². The number of likely N-dealkylation sites (tertiary alicyclic amines) is 1. The van der Waals surface area contributed by atoms with Crippen LogP contribution in [0.2, 0.25) is 0 Å². The van der Waals surface area contributed by atoms with Crippen LogP contribution in [0.1, 0.15) is 55.1 Å². The van der Waals surface area contributed by atoms with Gasteiger partial charge in [0.1, 0.15) is 0 Å². The van der Waals surface area contributed by atoms with E-state index in [1.54, 1.807) is 4.68 Å². The highest BCUT2D eigenvalue weighted by Crippen LogP contribution is 2.28. The second-order valence-electron chi connectivity index (χ2n) is 5.97. The molecule has 2 heterocycles. The molecule has 0 atom stereocenters. The van der Waals surface area contributed by atoms with Crippen LogP contribution >= 0.6 is 0 Å². The SMILES string of the molecule is O=C(O)c1cn(C2CN(C(=O)C3CCCCCC3)C2)nn1. The summed E-state index contributed by atoms with van der Waals surface area (Å²) < 4.78 is 1.56. The number of carbonyl (C=O) groups is 2. The Morgan fingerprint density at radius 3 is 2.38 bits per heavy atom. The highest BCUT2D eigenvalue weighted by molar-refractivity contribution is 5.84. The Kier molecular flexibility index (Phi) is 3.90. The van der Waals surface area contributed by atoms with Gasteiger partial charge in [0.25, 0.3) is 0 Å². The maximum Gasteiger partial charge on any atom is 0.358 e. The number of hydrogen-bond donors (Lipinski definition) is 1. The lowest BCUT2D eigenvalue weighted by Crippen LogP contribution is -2.52. The van der Waals surface area contributed by atoms with Gasteiger partial charge in [-0.05, 0) is 12.8 Å². The molecule has 1 aromatic rings. The smallest absolute Gasteiger partial charge is 0.358 e. The molecule has 0 aromatic carbocycles. The first-order chi connectivity index (χ1) is 10.1. The fourth-order valence-corrected chi connectivity index (χ4v) is 3.14. The molecule has 114 valence electrons. The standard InChI is InChI=1S/C14H20N4O3/c19-13(10-5-3-1-2-4-6-10)17-7-11(8-17)18-9-12(14(20)21)15-16-18/h9-11H,1-8H2,(H,20,21). The van der Waals surface area contributed by atoms with Crippen LogP contribution in [0.3, 0.4) is 0 Å². The molecule has 1 aliphatic carbocycles. The van der Waals surface area contributed by atoms with Gasteiger partial charge in [0, 0.05) is 19.0 Å². The van der Waals surface area contributed by atoms with Gasteiger partial charge in [0.15, 0.2) is 5.69 Å². The summed E-state index contributed by atoms with van der Waals surface area (Å²) in [7, 11) is 0. The molecule has 7 heteroatoms. The second kappa shape index (κ2) is 5.83. The summed E-state index contributed by atoms with van der Waals surface area (Å²) in [5, 5.41) is 16.3. The van der Waals surface area contributed by atoms with E-state index in [9.17, 15) is 9.59 Å². The first-order valence-electron chi connectivity index (χ1n) is 7.59. The summed E-state index contributed by atoms with van der Waals surface area (Å²) in [6.07, 6.45) is 8.23. The normalized spacial score (nSPS) is 20.9. The molecule has 21 heavy (non-hydrogen) atoms. The average Bonchev–Trinajstić information content (AvgIpc) is 2.72. The Balaban J connectivity index is 1.54. The van der Waals surface area contributed by atoms with Crippen LogP contribution in [-0.4, -0.2) is 50.0 Å². The van der Waals surface area contributed by atoms with Crippen molar-refractivity contribution in [3.8, 4) is 0 Å². The van der Waals surface area contributed by atoms with Crippen molar-refractivity contribution in [2.45, 2.75) is 44.6 Å². The molecule has 1 saturated carbocycles. The van der Waals surface area contributed by atoms with Gasteiger partial charge < -0.3 is 10.0 Å². The van der Waals surface area contributed by atoms with E-state index in [1.807, 2.05) is 4.90 Å². The number of aromatic nitrogens is 3. The van der Waals surface area contributed by atoms with Crippen LogP contribution in [0.15, 0.2) is 6.20 Å². The van der Waals surface area contributed by atoms with Crippen molar-refractivity contribution in [1.29, 1.82) is 0 Å². The van der Waals surface area contributed by atoms with Crippen molar-refractivity contribution in [3.05, 3.63) is 11.9 Å². The number of carboxylic acids is 1. The molecule has 2 fully saturated rings. The summed E-state index contributed by atoms with van der Waals surface area (Å²) in [5.41, 5.74) is -0.0523. The van der Waals surface area contributed by atoms with Crippen molar-refractivity contribution in [3.63, 3.8) is 0 Å². The lowest BCUT2D eigenvalue weighted by atomic mass is 9.96. The third-order valence-corrected chi connectivity index (χ3v) is 4.48. The van der Waals surface area contributed by atoms with Gasteiger partial charge in [0.2, 0.25) is 5.91 Å². The molecule has 1 N–H and O–H groups in total. The molecule has 1 saturated heterocycles. The molecule has 1 amide bonds. The largest absolute Gasteiger partial charge is 0.476 e. The number of carbonyl (C=O) groups excluding carboxylic acids is 1. The van der Waals surface area contributed by atoms with Crippen LogP contribution in [-0.2, 0) is 4.79 Å². The third kappa shape index (κ3) is 2.91. The zero-order chi connectivity index (χ0) is 14.8. The lowest BCUT2D eigenvalue weighted by Gasteiger charge is -2.40. The van der Waals surface area contributed by atoms with Gasteiger partial charge in [-0.15, -0.1) is 5.10 Å². The molecular weight excluding hydrogens is 272 g/mol. The number of aromatic carboxylic acids is 1. The minimum absolute atomic E-state index is 0.0523. The first-order valence-corrected chi connectivity index (χ1v) is 7.59. The monoisotopic (exact) mass is 292 g/mol. The summed E-state index contributed by atoms with van der Waals surface area (Å²) in [5.74, 6) is -0.641. The summed E-state index contributed by atoms with van der Waals surface area (Å²) in [6, 6.07) is 0.0559. The fourth-order valence-electron chi connectivity index (χ4n) is 3.14. The minimum Gasteiger partial charge on any atom is -0.476 e. The van der Waals surface area contributed by atoms with Crippen molar-refractivity contribution < 1.29 is 14.7 Å². The Morgan fingerprint density at radius 1 is 1.14 bits per heavy atom. The van der Waals surface area contributed by atoms with Crippen molar-refractivity contribution in [2.75, 3.05) is 13.1 Å². The average molecular weight is 292 g/mol. The highest BCUT2D eigenvalue weighted by atomic mass is 16.4. The Bertz CT molecular complexity index is 528. The third-order valence-electron chi connectivity index (χ3n) is 4.48. The van der Waals surface area contributed by atoms with Crippen molar-refractivity contribution in [2.24, 2.45) is 5.92 Å². The van der Waals surface area contributed by atoms with E-state index >= 15 is 0 Å². The predicted molar refractivity (Wildman–Crippen MR) is 73.8 cm³/mol. The number of carboxylic acid groups (broad SMARTS) is 1. The van der Waals surface area contributed by atoms with E-state index in [4.69, 9.17) is 5.11 Å². The number of nitrogens with zero attached hydrogens (tertiary/aromatic N) is 4. The molecule has 1 aliphatic heterocycles. The maximum atomic E-state index is 12.4. The van der Waals surface area contributed by atoms with Gasteiger partial charge in [-0.2, -0.15) is 0 Å². The quantitative estimate of drug-likeness (QED) is 0.849. The number of hydrogen-bond acceptors (Lipinski definition) is 4. The van der Waals surface area contributed by atoms with E-state index < -0.39 is 5.97 Å². The fraction of sp³-hybridized carbons (Fsp3) is 0.714. The molecule has 0 bridgehead atoms. The van der Waals surface area contributed by atoms with E-state index in [1.165, 1.54) is 19.0 Å². The van der Waals surface area contributed by atoms with Crippen LogP contribution in [0.5, 0.6) is 0 Å². The van der Waals surface area contributed by atoms with Gasteiger partial charge in [-0.3, -0.25) is 4.79 Å². The highest BCUT2D eigenvalue weighted by Gasteiger charge is 2.36. The van der Waals surface area contributed by atoms with E-state index in [2.05, 4.69) is 10.3 Å². The van der Waals surface area contributed by atoms with E-state index in [0.29, 0.717) is 13.1 Å². The van der Waals surface area contributed by atoms with E-state index in [0.717, 1.165) is 25.7 Å². The number of amides is 1. The molecule has 0 spiro atoms. The van der Waals surface area contributed by atoms with Crippen LogP contribution in [0.25, 0.3) is 0 Å². The molecular formula is C14H20N4O3. The topological polar surface area (TPSA) is 88.3 Å². The number of rotatable bonds is 3. The van der Waals surface area contributed by atoms with Crippen molar-refractivity contribution in [1.82, 2.24) is 19.9 Å². The van der Waals surface area contributed by atoms with Gasteiger partial charge >= 0.3 is 5.97 Å². The Labute approximate surface area is 122 Å². The zero-order valence-electron chi connectivity index (χ0n) is 11.9. The van der Waals surface area contributed by atoms with Crippen LogP contribution in [0.4, 0.5) is 0 Å². The minimum atomic E-state index is -1.08. The lowest BCUT2D eigenvalue weighted by molar-refractivity contribution is -0.142. The zero-order valence-corrected chi connectivity index (χ0v) is 11.9. The maximum absolute atomic E-state index is 12.4.